The van der Waals surface area contributed by atoms with Crippen LogP contribution in [0.5, 0.6) is 0 Å². The Kier molecular flexibility index (Phi) is 179. The van der Waals surface area contributed by atoms with E-state index in [-0.39, 0.29) is 120 Å². The predicted molar refractivity (Wildman–Crippen MR) is 0 cm³/mol. The quantitative estimate of drug-likeness (QED) is 0.306. The van der Waals surface area contributed by atoms with Crippen molar-refractivity contribution in [1.82, 2.24) is 0 Å². The summed E-state index contributed by atoms with van der Waals surface area (Å²) in [6, 6.07) is 0. The van der Waals surface area contributed by atoms with Gasteiger partial charge in [-0.1, -0.05) is 0 Å². The molecule has 0 fully saturated rings. The van der Waals surface area contributed by atoms with Crippen molar-refractivity contribution in [2.45, 2.75) is 0 Å². The van der Waals surface area contributed by atoms with E-state index in [1.165, 1.54) is 0 Å². The Hall–Kier alpha value is 3.94. The maximum atomic E-state index is 0. The van der Waals surface area contributed by atoms with Crippen LogP contribution in [0.25, 0.3) is 0 Å². The molecule has 5 heavy (non-hydrogen) atoms. The van der Waals surface area contributed by atoms with E-state index in [2.05, 4.69) is 0 Å². The smallest absolute Gasteiger partial charge is 0 e. The van der Waals surface area contributed by atoms with Gasteiger partial charge in [-0.25, -0.2) is 0 Å². The van der Waals surface area contributed by atoms with Crippen LogP contribution in [0.4, 0.5) is 0 Å². The molecule has 3 radical (unpaired) electrons. The Morgan fingerprint density at radius 2 is 1.00 bits per heavy atom. The number of rotatable bonds is 0. The van der Waals surface area contributed by atoms with Gasteiger partial charge < -0.3 is 0 Å². The van der Waals surface area contributed by atoms with Gasteiger partial charge in [-0.2, -0.15) is 0 Å². The zero-order valence-electron chi connectivity index (χ0n) is 2.17. The average molecular weight is 751 g/mol. The van der Waals surface area contributed by atoms with Crippen LogP contribution in [-0.4, -0.2) is 0 Å². The predicted octanol–water partition coefficient (Wildman–Crippen LogP) is -0.0100. The molecule has 0 aromatic carbocycles. The molecular weight excluding hydrogens is 751 g/mol. The molecule has 0 saturated heterocycles. The van der Waals surface area contributed by atoms with Crippen LogP contribution in [0.3, 0.4) is 0 Å². The molecule has 0 rings (SSSR count). The van der Waals surface area contributed by atoms with Gasteiger partial charge in [0.05, 0.1) is 0 Å². The van der Waals surface area contributed by atoms with Crippen LogP contribution in [0, 0.1) is 35.6 Å². The fraction of sp³-hybridized carbons (Fsp3) is 0. The molecule has 0 aliphatic heterocycles. The van der Waals surface area contributed by atoms with Crippen molar-refractivity contribution in [2.24, 2.45) is 0 Å². The van der Waals surface area contributed by atoms with Gasteiger partial charge in [-0.15, -0.1) is 0 Å². The minimum atomic E-state index is 0. The van der Waals surface area contributed by atoms with Crippen molar-refractivity contribution >= 4 is 0 Å². The Labute approximate surface area is 117 Å². The molecule has 0 amide bonds. The van der Waals surface area contributed by atoms with E-state index in [1.807, 2.05) is 0 Å². The van der Waals surface area contributed by atoms with E-state index in [0.29, 0.717) is 0 Å². The molecule has 0 aliphatic rings. The minimum absolute atomic E-state index is 0. The summed E-state index contributed by atoms with van der Waals surface area (Å²) in [4.78, 5) is 0. The molecule has 31 valence electrons. The SMILES string of the molecule is [Cu].[Hf].[La].[Re].[W]. The first-order valence-electron chi connectivity index (χ1n) is 0. The number of hydrogen-bond donors (Lipinski definition) is 0. The van der Waals surface area contributed by atoms with Crippen LogP contribution in [-0.2, 0) is 84.4 Å². The monoisotopic (exact) mass is 753 g/mol. The van der Waals surface area contributed by atoms with E-state index in [1.54, 1.807) is 0 Å². The second-order valence-corrected chi connectivity index (χ2v) is 0. The molecule has 5 heteroatoms. The third-order valence-electron chi connectivity index (χ3n) is 0. The number of hydrogen-bond acceptors (Lipinski definition) is 0. The summed E-state index contributed by atoms with van der Waals surface area (Å²) < 4.78 is 0. The summed E-state index contributed by atoms with van der Waals surface area (Å²) in [6.45, 7) is 0. The zero-order valence-corrected chi connectivity index (χ0v) is 16.0. The van der Waals surface area contributed by atoms with E-state index in [9.17, 15) is 0 Å². The van der Waals surface area contributed by atoms with Gasteiger partial charge in [0, 0.05) is 120 Å². The summed E-state index contributed by atoms with van der Waals surface area (Å²) in [5.41, 5.74) is 0. The molecule has 0 bridgehead atoms. The van der Waals surface area contributed by atoms with E-state index < -0.39 is 0 Å². The standard InChI is InChI=1S/Cu.Hf.La.Re.W. The Morgan fingerprint density at radius 3 is 1.00 bits per heavy atom. The molecule has 0 nitrogen and oxygen atoms in total. The van der Waals surface area contributed by atoms with Crippen molar-refractivity contribution in [3.05, 3.63) is 0 Å². The van der Waals surface area contributed by atoms with Crippen molar-refractivity contribution in [1.29, 1.82) is 0 Å². The summed E-state index contributed by atoms with van der Waals surface area (Å²) in [5, 5.41) is 0. The van der Waals surface area contributed by atoms with Gasteiger partial charge in [0.2, 0.25) is 0 Å². The topological polar surface area (TPSA) is 0 Å². The van der Waals surface area contributed by atoms with Gasteiger partial charge >= 0.3 is 0 Å². The zero-order chi connectivity index (χ0) is 0. The molecule has 0 aromatic heterocycles. The fourth-order valence-corrected chi connectivity index (χ4v) is 0. The Balaban J connectivity index is 0. The first-order valence-corrected chi connectivity index (χ1v) is 0. The van der Waals surface area contributed by atoms with Gasteiger partial charge in [0.15, 0.2) is 0 Å². The molecule has 0 spiro atoms. The average Bonchev–Trinajstić information content (AvgIpc) is 0. The first kappa shape index (κ1) is 36.3. The summed E-state index contributed by atoms with van der Waals surface area (Å²) >= 11 is 0. The third-order valence-corrected chi connectivity index (χ3v) is 0. The van der Waals surface area contributed by atoms with Crippen LogP contribution >= 0.6 is 0 Å². The Bertz CT molecular complexity index is 11.6. The van der Waals surface area contributed by atoms with Crippen molar-refractivity contribution < 1.29 is 120 Å². The van der Waals surface area contributed by atoms with Crippen molar-refractivity contribution in [2.75, 3.05) is 0 Å². The second-order valence-electron chi connectivity index (χ2n) is 0. The van der Waals surface area contributed by atoms with Crippen LogP contribution < -0.4 is 0 Å². The Morgan fingerprint density at radius 1 is 1.00 bits per heavy atom. The normalized spacial score (nSPS) is 0. The van der Waals surface area contributed by atoms with Gasteiger partial charge in [-0.3, -0.25) is 0 Å². The summed E-state index contributed by atoms with van der Waals surface area (Å²) in [6.07, 6.45) is 0. The molecule has 0 aliphatic carbocycles. The maximum Gasteiger partial charge on any atom is 0 e. The largest absolute Gasteiger partial charge is 0 e. The van der Waals surface area contributed by atoms with Crippen LogP contribution in [0.1, 0.15) is 0 Å². The van der Waals surface area contributed by atoms with Gasteiger partial charge in [-0.05, 0) is 0 Å². The maximum absolute atomic E-state index is 0. The van der Waals surface area contributed by atoms with Crippen LogP contribution in [0.15, 0.2) is 0 Å². The second kappa shape index (κ2) is 24.6. The fourth-order valence-electron chi connectivity index (χ4n) is 0. The van der Waals surface area contributed by atoms with Gasteiger partial charge in [0.25, 0.3) is 0 Å². The molecule has 0 aromatic rings. The van der Waals surface area contributed by atoms with Crippen LogP contribution in [0.2, 0.25) is 0 Å². The van der Waals surface area contributed by atoms with E-state index >= 15 is 0 Å². The van der Waals surface area contributed by atoms with E-state index in [4.69, 9.17) is 0 Å². The summed E-state index contributed by atoms with van der Waals surface area (Å²) in [5.74, 6) is 0. The molecule has 0 saturated carbocycles. The molecule has 0 atom stereocenters. The van der Waals surface area contributed by atoms with Crippen molar-refractivity contribution in [3.8, 4) is 0 Å². The molecule has 0 unspecified atom stereocenters. The van der Waals surface area contributed by atoms with Gasteiger partial charge in [0.1, 0.15) is 0 Å². The molecule has 0 heterocycles. The molecule has 0 N–H and O–H groups in total. The van der Waals surface area contributed by atoms with E-state index in [0.717, 1.165) is 0 Å². The third kappa shape index (κ3) is 18.1. The first-order chi connectivity index (χ1) is 0. The minimum Gasteiger partial charge on any atom is 0 e. The van der Waals surface area contributed by atoms with Crippen molar-refractivity contribution in [3.63, 3.8) is 0 Å². The molecular formula is CuHfLaReW. The summed E-state index contributed by atoms with van der Waals surface area (Å²) in [7, 11) is 0.